The molecule has 1 aliphatic rings. The van der Waals surface area contributed by atoms with Crippen molar-refractivity contribution >= 4 is 17.4 Å². The van der Waals surface area contributed by atoms with Crippen LogP contribution in [0.15, 0.2) is 42.5 Å². The lowest BCUT2D eigenvalue weighted by molar-refractivity contribution is -0.131. The van der Waals surface area contributed by atoms with E-state index in [1.54, 1.807) is 29.2 Å². The number of amides is 1. The molecule has 142 valence electrons. The Labute approximate surface area is 157 Å². The molecule has 0 bridgehead atoms. The van der Waals surface area contributed by atoms with Crippen LogP contribution in [0.25, 0.3) is 0 Å². The summed E-state index contributed by atoms with van der Waals surface area (Å²) in [4.78, 5) is 27.4. The lowest BCUT2D eigenvalue weighted by atomic mass is 10.1. The molecule has 0 spiro atoms. The number of carbonyl (C=O) groups is 2. The van der Waals surface area contributed by atoms with Crippen LogP contribution in [0.2, 0.25) is 0 Å². The first-order valence-corrected chi connectivity index (χ1v) is 9.01. The zero-order chi connectivity index (χ0) is 19.4. The van der Waals surface area contributed by atoms with Gasteiger partial charge < -0.3 is 9.80 Å². The van der Waals surface area contributed by atoms with E-state index >= 15 is 0 Å². The Balaban J connectivity index is 1.53. The SMILES string of the molecule is CC(=O)c1ccc(N2CCN(C(=O)CCc3ccc(F)cc3)CC2)c(F)c1. The lowest BCUT2D eigenvalue weighted by Gasteiger charge is -2.36. The van der Waals surface area contributed by atoms with Crippen molar-refractivity contribution < 1.29 is 18.4 Å². The standard InChI is InChI=1S/C21H22F2N2O2/c1-15(26)17-5-8-20(19(23)14-17)24-10-12-25(13-11-24)21(27)9-4-16-2-6-18(22)7-3-16/h2-3,5-8,14H,4,9-13H2,1H3. The van der Waals surface area contributed by atoms with E-state index in [-0.39, 0.29) is 17.5 Å². The van der Waals surface area contributed by atoms with E-state index in [4.69, 9.17) is 0 Å². The average Bonchev–Trinajstić information content (AvgIpc) is 2.67. The van der Waals surface area contributed by atoms with E-state index in [2.05, 4.69) is 0 Å². The van der Waals surface area contributed by atoms with Crippen molar-refractivity contribution in [2.45, 2.75) is 19.8 Å². The van der Waals surface area contributed by atoms with Gasteiger partial charge in [-0.05, 0) is 49.2 Å². The molecule has 4 nitrogen and oxygen atoms in total. The van der Waals surface area contributed by atoms with Gasteiger partial charge >= 0.3 is 0 Å². The maximum Gasteiger partial charge on any atom is 0.223 e. The van der Waals surface area contributed by atoms with Gasteiger partial charge in [0.1, 0.15) is 11.6 Å². The first-order chi connectivity index (χ1) is 12.9. The van der Waals surface area contributed by atoms with E-state index in [1.165, 1.54) is 25.1 Å². The lowest BCUT2D eigenvalue weighted by Crippen LogP contribution is -2.49. The summed E-state index contributed by atoms with van der Waals surface area (Å²) in [6.07, 6.45) is 0.938. The van der Waals surface area contributed by atoms with Crippen molar-refractivity contribution in [2.24, 2.45) is 0 Å². The van der Waals surface area contributed by atoms with Crippen molar-refractivity contribution in [3.63, 3.8) is 0 Å². The zero-order valence-electron chi connectivity index (χ0n) is 15.3. The van der Waals surface area contributed by atoms with Crippen LogP contribution in [0, 0.1) is 11.6 Å². The number of rotatable bonds is 5. The Bertz CT molecular complexity index is 829. The van der Waals surface area contributed by atoms with Crippen molar-refractivity contribution in [1.82, 2.24) is 4.90 Å². The minimum Gasteiger partial charge on any atom is -0.366 e. The molecule has 6 heteroatoms. The Hall–Kier alpha value is -2.76. The molecule has 1 aliphatic heterocycles. The van der Waals surface area contributed by atoms with Crippen LogP contribution in [-0.2, 0) is 11.2 Å². The summed E-state index contributed by atoms with van der Waals surface area (Å²) in [5.41, 5.74) is 1.74. The molecule has 0 saturated carbocycles. The largest absolute Gasteiger partial charge is 0.366 e. The number of halogens is 2. The van der Waals surface area contributed by atoms with Crippen LogP contribution in [-0.4, -0.2) is 42.8 Å². The molecule has 0 aliphatic carbocycles. The minimum atomic E-state index is -0.418. The van der Waals surface area contributed by atoms with Gasteiger partial charge in [-0.25, -0.2) is 8.78 Å². The van der Waals surface area contributed by atoms with Gasteiger partial charge in [0, 0.05) is 38.2 Å². The van der Waals surface area contributed by atoms with Crippen LogP contribution < -0.4 is 4.90 Å². The summed E-state index contributed by atoms with van der Waals surface area (Å²) < 4.78 is 27.2. The molecule has 2 aromatic carbocycles. The zero-order valence-corrected chi connectivity index (χ0v) is 15.3. The fourth-order valence-electron chi connectivity index (χ4n) is 3.24. The molecule has 1 fully saturated rings. The van der Waals surface area contributed by atoms with E-state index in [0.717, 1.165) is 5.56 Å². The fraction of sp³-hybridized carbons (Fsp3) is 0.333. The third-order valence-electron chi connectivity index (χ3n) is 4.87. The fourth-order valence-corrected chi connectivity index (χ4v) is 3.24. The highest BCUT2D eigenvalue weighted by atomic mass is 19.1. The highest BCUT2D eigenvalue weighted by molar-refractivity contribution is 5.94. The number of hydrogen-bond donors (Lipinski definition) is 0. The number of ketones is 1. The monoisotopic (exact) mass is 372 g/mol. The van der Waals surface area contributed by atoms with Gasteiger partial charge in [-0.2, -0.15) is 0 Å². The van der Waals surface area contributed by atoms with E-state index < -0.39 is 5.82 Å². The summed E-state index contributed by atoms with van der Waals surface area (Å²) in [5, 5.41) is 0. The normalized spacial score (nSPS) is 14.3. The Morgan fingerprint density at radius 2 is 1.63 bits per heavy atom. The molecule has 0 atom stereocenters. The van der Waals surface area contributed by atoms with Crippen LogP contribution in [0.5, 0.6) is 0 Å². The van der Waals surface area contributed by atoms with Gasteiger partial charge in [0.05, 0.1) is 5.69 Å². The predicted molar refractivity (Wildman–Crippen MR) is 99.9 cm³/mol. The number of nitrogens with zero attached hydrogens (tertiary/aromatic N) is 2. The van der Waals surface area contributed by atoms with Gasteiger partial charge in [0.25, 0.3) is 0 Å². The summed E-state index contributed by atoms with van der Waals surface area (Å²) >= 11 is 0. The van der Waals surface area contributed by atoms with Crippen LogP contribution in [0.3, 0.4) is 0 Å². The van der Waals surface area contributed by atoms with Gasteiger partial charge in [0.15, 0.2) is 5.78 Å². The second-order valence-electron chi connectivity index (χ2n) is 6.72. The molecule has 1 saturated heterocycles. The van der Waals surface area contributed by atoms with Crippen molar-refractivity contribution in [3.05, 3.63) is 65.2 Å². The number of carbonyl (C=O) groups excluding carboxylic acids is 2. The molecule has 0 unspecified atom stereocenters. The molecule has 2 aromatic rings. The Kier molecular flexibility index (Phi) is 5.84. The van der Waals surface area contributed by atoms with E-state index in [1.807, 2.05) is 4.90 Å². The topological polar surface area (TPSA) is 40.6 Å². The molecular weight excluding hydrogens is 350 g/mol. The third kappa shape index (κ3) is 4.70. The number of hydrogen-bond acceptors (Lipinski definition) is 3. The smallest absolute Gasteiger partial charge is 0.223 e. The molecule has 27 heavy (non-hydrogen) atoms. The molecule has 0 N–H and O–H groups in total. The molecule has 1 amide bonds. The maximum atomic E-state index is 14.3. The summed E-state index contributed by atoms with van der Waals surface area (Å²) in [6.45, 7) is 3.54. The van der Waals surface area contributed by atoms with Gasteiger partial charge in [-0.1, -0.05) is 12.1 Å². The summed E-state index contributed by atoms with van der Waals surface area (Å²) in [5.74, 6) is -0.827. The van der Waals surface area contributed by atoms with Crippen LogP contribution in [0.1, 0.15) is 29.3 Å². The first kappa shape index (κ1) is 19.0. The molecule has 0 radical (unpaired) electrons. The highest BCUT2D eigenvalue weighted by Crippen LogP contribution is 2.22. The molecule has 0 aromatic heterocycles. The molecular formula is C21H22F2N2O2. The predicted octanol–water partition coefficient (Wildman–Crippen LogP) is 3.45. The second kappa shape index (κ2) is 8.29. The van der Waals surface area contributed by atoms with Gasteiger partial charge in [-0.3, -0.25) is 9.59 Å². The van der Waals surface area contributed by atoms with Crippen LogP contribution >= 0.6 is 0 Å². The van der Waals surface area contributed by atoms with Crippen LogP contribution in [0.4, 0.5) is 14.5 Å². The van der Waals surface area contributed by atoms with E-state index in [0.29, 0.717) is 50.3 Å². The Morgan fingerprint density at radius 1 is 0.963 bits per heavy atom. The van der Waals surface area contributed by atoms with Crippen molar-refractivity contribution in [3.8, 4) is 0 Å². The second-order valence-corrected chi connectivity index (χ2v) is 6.72. The molecule has 3 rings (SSSR count). The number of benzene rings is 2. The highest BCUT2D eigenvalue weighted by Gasteiger charge is 2.23. The van der Waals surface area contributed by atoms with Gasteiger partial charge in [0.2, 0.25) is 5.91 Å². The average molecular weight is 372 g/mol. The van der Waals surface area contributed by atoms with Crippen molar-refractivity contribution in [2.75, 3.05) is 31.1 Å². The molecule has 1 heterocycles. The number of piperazine rings is 1. The van der Waals surface area contributed by atoms with Gasteiger partial charge in [-0.15, -0.1) is 0 Å². The summed E-state index contributed by atoms with van der Waals surface area (Å²) in [6, 6.07) is 10.7. The van der Waals surface area contributed by atoms with Crippen molar-refractivity contribution in [1.29, 1.82) is 0 Å². The quantitative estimate of drug-likeness (QED) is 0.755. The minimum absolute atomic E-state index is 0.0476. The maximum absolute atomic E-state index is 14.3. The number of anilines is 1. The number of Topliss-reactive ketones (excluding diaryl/α,β-unsaturated/α-hetero) is 1. The summed E-state index contributed by atoms with van der Waals surface area (Å²) in [7, 11) is 0. The number of aryl methyl sites for hydroxylation is 1. The van der Waals surface area contributed by atoms with E-state index in [9.17, 15) is 18.4 Å². The first-order valence-electron chi connectivity index (χ1n) is 9.01. The Morgan fingerprint density at radius 3 is 2.22 bits per heavy atom. The third-order valence-corrected chi connectivity index (χ3v) is 4.87.